The van der Waals surface area contributed by atoms with Crippen LogP contribution in [0.15, 0.2) is 24.3 Å². The number of nitrogens with zero attached hydrogens (tertiary/aromatic N) is 2. The highest BCUT2D eigenvalue weighted by Gasteiger charge is 2.34. The van der Waals surface area contributed by atoms with Crippen LogP contribution in [0, 0.1) is 0 Å². The van der Waals surface area contributed by atoms with E-state index in [9.17, 15) is 13.2 Å². The molecule has 0 aliphatic heterocycles. The average Bonchev–Trinajstić information content (AvgIpc) is 2.68. The molecule has 1 aromatic heterocycles. The Bertz CT molecular complexity index is 808. The third-order valence-electron chi connectivity index (χ3n) is 4.61. The zero-order chi connectivity index (χ0) is 20.1. The molecule has 6 nitrogen and oxygen atoms in total. The minimum Gasteiger partial charge on any atom is -0.493 e. The van der Waals surface area contributed by atoms with Gasteiger partial charge in [-0.15, -0.1) is 0 Å². The van der Waals surface area contributed by atoms with Gasteiger partial charge in [0.05, 0.1) is 14.2 Å². The number of aromatic nitrogens is 2. The number of nitrogens with one attached hydrogen (secondary N) is 2. The van der Waals surface area contributed by atoms with Crippen LogP contribution in [0.3, 0.4) is 0 Å². The Balaban J connectivity index is 1.87. The molecule has 2 aromatic rings. The second-order valence-electron chi connectivity index (χ2n) is 6.63. The second-order valence-corrected chi connectivity index (χ2v) is 6.63. The molecule has 28 heavy (non-hydrogen) atoms. The van der Waals surface area contributed by atoms with Crippen molar-refractivity contribution in [2.75, 3.05) is 24.9 Å². The smallest absolute Gasteiger partial charge is 0.433 e. The first kappa shape index (κ1) is 20.0. The highest BCUT2D eigenvalue weighted by Crippen LogP contribution is 2.33. The van der Waals surface area contributed by atoms with E-state index in [-0.39, 0.29) is 17.8 Å². The zero-order valence-electron chi connectivity index (χ0n) is 15.8. The molecule has 1 heterocycles. The van der Waals surface area contributed by atoms with Crippen LogP contribution >= 0.6 is 0 Å². The lowest BCUT2D eigenvalue weighted by molar-refractivity contribution is -0.141. The minimum absolute atomic E-state index is 0.0234. The number of anilines is 3. The molecule has 1 aliphatic rings. The number of ether oxygens (including phenoxy) is 2. The number of rotatable bonds is 6. The van der Waals surface area contributed by atoms with Crippen molar-refractivity contribution in [3.8, 4) is 11.5 Å². The van der Waals surface area contributed by atoms with Crippen molar-refractivity contribution in [1.29, 1.82) is 0 Å². The summed E-state index contributed by atoms with van der Waals surface area (Å²) in [6, 6.07) is 5.94. The summed E-state index contributed by atoms with van der Waals surface area (Å²) in [6.07, 6.45) is 0.477. The lowest BCUT2D eigenvalue weighted by atomic mass is 9.96. The first-order chi connectivity index (χ1) is 13.4. The van der Waals surface area contributed by atoms with E-state index >= 15 is 0 Å². The Morgan fingerprint density at radius 2 is 1.68 bits per heavy atom. The molecule has 0 spiro atoms. The summed E-state index contributed by atoms with van der Waals surface area (Å²) in [6.45, 7) is 0. The van der Waals surface area contributed by atoms with Crippen molar-refractivity contribution in [1.82, 2.24) is 9.97 Å². The van der Waals surface area contributed by atoms with E-state index in [0.717, 1.165) is 38.2 Å². The third-order valence-corrected chi connectivity index (χ3v) is 4.61. The van der Waals surface area contributed by atoms with Gasteiger partial charge in [0.15, 0.2) is 17.2 Å². The molecule has 2 N–H and O–H groups in total. The van der Waals surface area contributed by atoms with Gasteiger partial charge in [0.1, 0.15) is 5.82 Å². The van der Waals surface area contributed by atoms with Gasteiger partial charge in [-0.2, -0.15) is 18.2 Å². The van der Waals surface area contributed by atoms with Crippen molar-refractivity contribution < 1.29 is 22.6 Å². The molecular weight excluding hydrogens is 373 g/mol. The van der Waals surface area contributed by atoms with Crippen LogP contribution < -0.4 is 20.1 Å². The molecule has 152 valence electrons. The van der Waals surface area contributed by atoms with Crippen molar-refractivity contribution in [3.05, 3.63) is 30.0 Å². The van der Waals surface area contributed by atoms with Crippen LogP contribution in [-0.4, -0.2) is 30.2 Å². The highest BCUT2D eigenvalue weighted by atomic mass is 19.4. The fourth-order valence-corrected chi connectivity index (χ4v) is 3.21. The number of hydrogen-bond acceptors (Lipinski definition) is 6. The maximum Gasteiger partial charge on any atom is 0.433 e. The fraction of sp³-hybridized carbons (Fsp3) is 0.474. The molecule has 1 saturated carbocycles. The lowest BCUT2D eigenvalue weighted by Gasteiger charge is -2.23. The van der Waals surface area contributed by atoms with Crippen molar-refractivity contribution in [2.24, 2.45) is 0 Å². The van der Waals surface area contributed by atoms with Gasteiger partial charge in [-0.1, -0.05) is 19.3 Å². The topological polar surface area (TPSA) is 68.3 Å². The monoisotopic (exact) mass is 396 g/mol. The van der Waals surface area contributed by atoms with Crippen LogP contribution in [0.4, 0.5) is 30.6 Å². The first-order valence-electron chi connectivity index (χ1n) is 9.11. The van der Waals surface area contributed by atoms with Crippen LogP contribution in [0.25, 0.3) is 0 Å². The van der Waals surface area contributed by atoms with E-state index in [4.69, 9.17) is 9.47 Å². The van der Waals surface area contributed by atoms with Gasteiger partial charge in [0.2, 0.25) is 5.95 Å². The highest BCUT2D eigenvalue weighted by molar-refractivity contribution is 5.62. The van der Waals surface area contributed by atoms with E-state index in [1.165, 1.54) is 14.2 Å². The Morgan fingerprint density at radius 3 is 2.32 bits per heavy atom. The quantitative estimate of drug-likeness (QED) is 0.716. The van der Waals surface area contributed by atoms with Gasteiger partial charge >= 0.3 is 6.18 Å². The standard InChI is InChI=1S/C19H23F3N4O2/c1-27-14-9-8-13(10-15(14)28-2)23-17-11-16(19(20,21)22)25-18(26-17)24-12-6-4-3-5-7-12/h8-12H,3-7H2,1-2H3,(H2,23,24,25,26). The number of halogens is 3. The van der Waals surface area contributed by atoms with Gasteiger partial charge in [-0.25, -0.2) is 4.98 Å². The van der Waals surface area contributed by atoms with Crippen molar-refractivity contribution in [3.63, 3.8) is 0 Å². The van der Waals surface area contributed by atoms with E-state index in [1.807, 2.05) is 0 Å². The summed E-state index contributed by atoms with van der Waals surface area (Å²) in [4.78, 5) is 7.90. The maximum atomic E-state index is 13.3. The van der Waals surface area contributed by atoms with E-state index in [0.29, 0.717) is 17.2 Å². The maximum absolute atomic E-state index is 13.3. The molecule has 0 amide bonds. The van der Waals surface area contributed by atoms with Crippen LogP contribution in [0.2, 0.25) is 0 Å². The summed E-state index contributed by atoms with van der Waals surface area (Å²) < 4.78 is 50.3. The lowest BCUT2D eigenvalue weighted by Crippen LogP contribution is -2.24. The predicted octanol–water partition coefficient (Wildman–Crippen LogP) is 5.00. The summed E-state index contributed by atoms with van der Waals surface area (Å²) in [5.74, 6) is 1.00. The van der Waals surface area contributed by atoms with Crippen LogP contribution in [-0.2, 0) is 6.18 Å². The van der Waals surface area contributed by atoms with Gasteiger partial charge < -0.3 is 20.1 Å². The summed E-state index contributed by atoms with van der Waals surface area (Å²) >= 11 is 0. The molecule has 0 bridgehead atoms. The second kappa shape index (κ2) is 8.53. The van der Waals surface area contributed by atoms with Crippen LogP contribution in [0.5, 0.6) is 11.5 Å². The number of alkyl halides is 3. The first-order valence-corrected chi connectivity index (χ1v) is 9.11. The van der Waals surface area contributed by atoms with Gasteiger partial charge in [-0.05, 0) is 25.0 Å². The summed E-state index contributed by atoms with van der Waals surface area (Å²) in [7, 11) is 2.99. The largest absolute Gasteiger partial charge is 0.493 e. The zero-order valence-corrected chi connectivity index (χ0v) is 15.8. The molecule has 1 aliphatic carbocycles. The molecule has 0 radical (unpaired) electrons. The SMILES string of the molecule is COc1ccc(Nc2cc(C(F)(F)F)nc(NC3CCCCC3)n2)cc1OC. The van der Waals surface area contributed by atoms with Gasteiger partial charge in [0.25, 0.3) is 0 Å². The van der Waals surface area contributed by atoms with E-state index < -0.39 is 11.9 Å². The number of benzene rings is 1. The number of methoxy groups -OCH3 is 2. The third kappa shape index (κ3) is 4.96. The Morgan fingerprint density at radius 1 is 0.964 bits per heavy atom. The van der Waals surface area contributed by atoms with Gasteiger partial charge in [-0.3, -0.25) is 0 Å². The molecule has 0 atom stereocenters. The fourth-order valence-electron chi connectivity index (χ4n) is 3.21. The molecule has 1 fully saturated rings. The normalized spacial score (nSPS) is 15.2. The summed E-state index contributed by atoms with van der Waals surface area (Å²) in [5.41, 5.74) is -0.475. The summed E-state index contributed by atoms with van der Waals surface area (Å²) in [5, 5.41) is 5.95. The van der Waals surface area contributed by atoms with Crippen molar-refractivity contribution in [2.45, 2.75) is 44.3 Å². The molecule has 0 unspecified atom stereocenters. The van der Waals surface area contributed by atoms with E-state index in [1.54, 1.807) is 18.2 Å². The van der Waals surface area contributed by atoms with Crippen molar-refractivity contribution >= 4 is 17.5 Å². The number of hydrogen-bond donors (Lipinski definition) is 2. The van der Waals surface area contributed by atoms with Gasteiger partial charge in [0, 0.05) is 23.9 Å². The molecular formula is C19H23F3N4O2. The molecule has 3 rings (SSSR count). The average molecular weight is 396 g/mol. The molecule has 1 aromatic carbocycles. The Kier molecular flexibility index (Phi) is 6.11. The minimum atomic E-state index is -4.57. The Hall–Kier alpha value is -2.71. The Labute approximate surface area is 161 Å². The van der Waals surface area contributed by atoms with E-state index in [2.05, 4.69) is 20.6 Å². The molecule has 0 saturated heterocycles. The predicted molar refractivity (Wildman–Crippen MR) is 100 cm³/mol. The van der Waals surface area contributed by atoms with Crippen LogP contribution in [0.1, 0.15) is 37.8 Å². The molecule has 9 heteroatoms.